The SMILES string of the molecule is C/C=C(/C)C(=O)O[C@H]1[C@@H](O[C@H]2O[C@@H](C)[C@H](OC(C)=O)[C@@H](O)[C@@H]2O)[C@@]2(CO)C(CC1(C)C)C1=CCC3[C@@]4(C)CC[C@H](O[C@H]5O[C@H](C(=O)O)[C@@H](O)[C@H](O[C@H]6O[C@H](CO)[C@@H](O)[C@@H]6O)[C@H]5O[C@@H]5O[C@H](CO)[C@H](O)[C@H](O)[C@H]5O)C(C)(C)C4CC[C@@]3(C)[C@]1(C)[C@H](O)[C@@H]2O. The number of hydrogen-bond donors (Lipinski definition) is 14. The predicted molar refractivity (Wildman–Crippen MR) is 294 cm³/mol. The molecule has 3 unspecified atom stereocenters. The lowest BCUT2D eigenvalue weighted by molar-refractivity contribution is -0.386. The van der Waals surface area contributed by atoms with Gasteiger partial charge in [-0.05, 0) is 93.3 Å². The van der Waals surface area contributed by atoms with Crippen molar-refractivity contribution in [3.63, 3.8) is 0 Å². The van der Waals surface area contributed by atoms with E-state index in [9.17, 15) is 85.9 Å². The van der Waals surface area contributed by atoms with Gasteiger partial charge in [0.05, 0.1) is 49.7 Å². The van der Waals surface area contributed by atoms with Gasteiger partial charge >= 0.3 is 17.9 Å². The van der Waals surface area contributed by atoms with Crippen molar-refractivity contribution in [1.82, 2.24) is 0 Å². The molecule has 8 fully saturated rings. The first-order valence-corrected chi connectivity index (χ1v) is 30.4. The minimum Gasteiger partial charge on any atom is -0.479 e. The van der Waals surface area contributed by atoms with E-state index in [1.165, 1.54) is 6.92 Å². The highest BCUT2D eigenvalue weighted by atomic mass is 16.8. The fourth-order valence-corrected chi connectivity index (χ4v) is 17.5. The lowest BCUT2D eigenvalue weighted by atomic mass is 9.32. The average Bonchev–Trinajstić information content (AvgIpc) is 0.904. The van der Waals surface area contributed by atoms with Gasteiger partial charge in [-0.15, -0.1) is 0 Å². The third-order valence-corrected chi connectivity index (χ3v) is 22.7. The van der Waals surface area contributed by atoms with Crippen LogP contribution in [0.4, 0.5) is 0 Å². The second-order valence-electron chi connectivity index (χ2n) is 28.0. The van der Waals surface area contributed by atoms with Crippen molar-refractivity contribution in [2.24, 2.45) is 50.2 Å². The molecule has 5 aliphatic carbocycles. The summed E-state index contributed by atoms with van der Waals surface area (Å²) in [6.07, 6.45) is -34.3. The van der Waals surface area contributed by atoms with Crippen LogP contribution in [0.5, 0.6) is 0 Å². The number of aliphatic carboxylic acids is 1. The van der Waals surface area contributed by atoms with Crippen LogP contribution in [-0.4, -0.2) is 256 Å². The van der Waals surface area contributed by atoms with Crippen molar-refractivity contribution in [2.45, 2.75) is 262 Å². The summed E-state index contributed by atoms with van der Waals surface area (Å²) in [4.78, 5) is 38.8. The molecule has 9 rings (SSSR count). The summed E-state index contributed by atoms with van der Waals surface area (Å²) in [5.41, 5.74) is -5.28. The molecule has 0 amide bonds. The van der Waals surface area contributed by atoms with E-state index >= 15 is 0 Å². The van der Waals surface area contributed by atoms with Crippen LogP contribution in [0.3, 0.4) is 0 Å². The Morgan fingerprint density at radius 2 is 1.20 bits per heavy atom. The second kappa shape index (κ2) is 24.8. The minimum absolute atomic E-state index is 0.203. The summed E-state index contributed by atoms with van der Waals surface area (Å²) in [7, 11) is 0. The van der Waals surface area contributed by atoms with Crippen molar-refractivity contribution in [1.29, 1.82) is 0 Å². The van der Waals surface area contributed by atoms with Gasteiger partial charge in [0.2, 0.25) is 0 Å². The Hall–Kier alpha value is -2.95. The van der Waals surface area contributed by atoms with Crippen molar-refractivity contribution in [3.05, 3.63) is 23.3 Å². The Kier molecular flexibility index (Phi) is 19.5. The van der Waals surface area contributed by atoms with Gasteiger partial charge in [-0.3, -0.25) is 4.79 Å². The Balaban J connectivity index is 1.05. The minimum atomic E-state index is -2.15. The van der Waals surface area contributed by atoms with Crippen LogP contribution in [0.2, 0.25) is 0 Å². The Morgan fingerprint density at radius 1 is 0.621 bits per heavy atom. The normalized spacial score (nSPS) is 51.2. The highest BCUT2D eigenvalue weighted by molar-refractivity contribution is 5.87. The van der Waals surface area contributed by atoms with Gasteiger partial charge in [0, 0.05) is 23.3 Å². The molecule has 496 valence electrons. The molecular weight excluding hydrogens is 1150 g/mol. The van der Waals surface area contributed by atoms with E-state index in [-0.39, 0.29) is 30.3 Å². The van der Waals surface area contributed by atoms with Crippen LogP contribution in [0.25, 0.3) is 0 Å². The molecule has 4 saturated heterocycles. The molecule has 0 aromatic heterocycles. The van der Waals surface area contributed by atoms with E-state index in [1.807, 2.05) is 34.6 Å². The van der Waals surface area contributed by atoms with E-state index < -0.39 is 223 Å². The molecule has 0 aromatic carbocycles. The smallest absolute Gasteiger partial charge is 0.335 e. The standard InChI is InChI=1S/C60H94O27/c1-12-23(2)50(77)86-47-48(87-51-39(71)36(68)41(24(3)78-51)79-25(4)64)60(22-63)27(19-55(47,5)6)26-13-14-31-57(9)17-16-32(56(7,8)30(57)15-18-58(31,10)59(26,11)45(73)46(60)74)82-54-44(85-53-38(70)35(67)33(65)28(20-61)80-53)42(40(72)43(84-54)49(75)76)83-52-37(69)34(66)29(21-62)81-52/h12-13,24,27-48,51-54,61-63,65-74H,14-22H2,1-11H3,(H,75,76)/b23-12-/t24-,27?,28+,29+,30?,31?,32-,33-,34+,35-,36-,37-,38+,39-,40-,41-,42-,43-,44+,45+,46-,47-,48+,51+,52+,53-,54-,57-,58+,59-,60-/m0/s1. The molecule has 4 heterocycles. The molecular formula is C60H94O27. The molecule has 31 atom stereocenters. The molecule has 0 radical (unpaired) electrons. The molecule has 27 heteroatoms. The molecule has 27 nitrogen and oxygen atoms in total. The number of aliphatic hydroxyl groups is 13. The number of hydrogen-bond acceptors (Lipinski definition) is 26. The molecule has 0 spiro atoms. The lowest BCUT2D eigenvalue weighted by Crippen LogP contribution is -2.77. The van der Waals surface area contributed by atoms with Gasteiger partial charge in [-0.1, -0.05) is 66.2 Å². The molecule has 0 aromatic rings. The van der Waals surface area contributed by atoms with Gasteiger partial charge in [0.15, 0.2) is 37.4 Å². The number of rotatable bonds is 15. The highest BCUT2D eigenvalue weighted by Gasteiger charge is 2.76. The topological polar surface area (TPSA) is 427 Å². The number of ether oxygens (including phenoxy) is 10. The van der Waals surface area contributed by atoms with Crippen LogP contribution in [0.1, 0.15) is 115 Å². The third kappa shape index (κ3) is 11.0. The quantitative estimate of drug-likeness (QED) is 0.0371. The largest absolute Gasteiger partial charge is 0.479 e. The number of fused-ring (bicyclic) bond motifs is 7. The zero-order valence-electron chi connectivity index (χ0n) is 51.2. The first-order valence-electron chi connectivity index (χ1n) is 30.4. The highest BCUT2D eigenvalue weighted by Crippen LogP contribution is 2.76. The summed E-state index contributed by atoms with van der Waals surface area (Å²) in [5.74, 6) is -4.32. The number of esters is 2. The number of aliphatic hydroxyl groups excluding tert-OH is 13. The van der Waals surface area contributed by atoms with E-state index in [2.05, 4.69) is 19.9 Å². The van der Waals surface area contributed by atoms with Crippen LogP contribution in [0, 0.1) is 50.2 Å². The van der Waals surface area contributed by atoms with Gasteiger partial charge < -0.3 is 119 Å². The van der Waals surface area contributed by atoms with Crippen molar-refractivity contribution in [3.8, 4) is 0 Å². The summed E-state index contributed by atoms with van der Waals surface area (Å²) >= 11 is 0. The van der Waals surface area contributed by atoms with Crippen LogP contribution in [0.15, 0.2) is 23.3 Å². The Labute approximate surface area is 505 Å². The van der Waals surface area contributed by atoms with E-state index in [1.54, 1.807) is 19.9 Å². The fourth-order valence-electron chi connectivity index (χ4n) is 17.5. The monoisotopic (exact) mass is 1250 g/mol. The van der Waals surface area contributed by atoms with E-state index in [0.717, 1.165) is 12.5 Å². The summed E-state index contributed by atoms with van der Waals surface area (Å²) in [6.45, 7) is 17.4. The van der Waals surface area contributed by atoms with E-state index in [0.29, 0.717) is 25.7 Å². The third-order valence-electron chi connectivity index (χ3n) is 22.7. The number of carboxylic acid groups (broad SMARTS) is 1. The van der Waals surface area contributed by atoms with Crippen molar-refractivity contribution < 1.29 is 133 Å². The van der Waals surface area contributed by atoms with Gasteiger partial charge in [-0.2, -0.15) is 0 Å². The van der Waals surface area contributed by atoms with E-state index in [4.69, 9.17) is 47.4 Å². The number of allylic oxidation sites excluding steroid dienone is 2. The number of carbonyl (C=O) groups excluding carboxylic acids is 2. The number of carbonyl (C=O) groups is 3. The average molecular weight is 1250 g/mol. The molecule has 4 aliphatic heterocycles. The summed E-state index contributed by atoms with van der Waals surface area (Å²) in [5, 5.41) is 158. The van der Waals surface area contributed by atoms with Gasteiger partial charge in [-0.25, -0.2) is 9.59 Å². The zero-order chi connectivity index (χ0) is 64.3. The van der Waals surface area contributed by atoms with Crippen molar-refractivity contribution in [2.75, 3.05) is 19.8 Å². The van der Waals surface area contributed by atoms with Gasteiger partial charge in [0.25, 0.3) is 0 Å². The predicted octanol–water partition coefficient (Wildman–Crippen LogP) is -1.83. The maximum Gasteiger partial charge on any atom is 0.335 e. The summed E-state index contributed by atoms with van der Waals surface area (Å²) < 4.78 is 61.0. The van der Waals surface area contributed by atoms with Crippen LogP contribution < -0.4 is 0 Å². The Morgan fingerprint density at radius 3 is 1.77 bits per heavy atom. The molecule has 4 saturated carbocycles. The molecule has 87 heavy (non-hydrogen) atoms. The molecule has 14 N–H and O–H groups in total. The zero-order valence-corrected chi connectivity index (χ0v) is 51.2. The fraction of sp³-hybridized carbons (Fsp3) is 0.883. The molecule has 9 aliphatic rings. The van der Waals surface area contributed by atoms with Gasteiger partial charge in [0.1, 0.15) is 85.5 Å². The van der Waals surface area contributed by atoms with Crippen LogP contribution in [-0.2, 0) is 61.8 Å². The van der Waals surface area contributed by atoms with Crippen molar-refractivity contribution >= 4 is 17.9 Å². The maximum absolute atomic E-state index is 13.8. The first-order chi connectivity index (χ1) is 40.6. The van der Waals surface area contributed by atoms with Crippen LogP contribution >= 0.6 is 0 Å². The maximum atomic E-state index is 13.8. The number of carboxylic acids is 1. The Bertz CT molecular complexity index is 2560. The lowest BCUT2D eigenvalue weighted by Gasteiger charge is -2.73. The first kappa shape index (κ1) is 68.4. The summed E-state index contributed by atoms with van der Waals surface area (Å²) in [6, 6.07) is 0. The molecule has 0 bridgehead atoms. The second-order valence-corrected chi connectivity index (χ2v) is 28.0.